The minimum Gasteiger partial charge on any atom is -0.494 e. The van der Waals surface area contributed by atoms with Gasteiger partial charge in [0, 0.05) is 6.42 Å². The Morgan fingerprint density at radius 1 is 1.19 bits per heavy atom. The number of unbranched alkanes of at least 4 members (excludes halogenated alkanes) is 3. The second kappa shape index (κ2) is 7.56. The second-order valence-corrected chi connectivity index (χ2v) is 3.47. The van der Waals surface area contributed by atoms with Crippen molar-refractivity contribution < 1.29 is 9.53 Å². The molecule has 0 amide bonds. The van der Waals surface area contributed by atoms with Gasteiger partial charge in [-0.25, -0.2) is 5.53 Å². The monoisotopic (exact) mass is 220 g/mol. The molecule has 4 nitrogen and oxygen atoms in total. The van der Waals surface area contributed by atoms with E-state index in [-0.39, 0.29) is 0 Å². The molecule has 4 heteroatoms. The van der Waals surface area contributed by atoms with Gasteiger partial charge >= 0.3 is 0 Å². The SMILES string of the molecule is N=Nc1ccc(OCCCCCC=O)cc1. The van der Waals surface area contributed by atoms with E-state index in [0.717, 1.165) is 31.3 Å². The van der Waals surface area contributed by atoms with E-state index in [4.69, 9.17) is 10.3 Å². The molecule has 0 heterocycles. The van der Waals surface area contributed by atoms with E-state index in [1.165, 1.54) is 0 Å². The normalized spacial score (nSPS) is 9.75. The number of carbonyl (C=O) groups is 1. The Labute approximate surface area is 95.1 Å². The fraction of sp³-hybridized carbons (Fsp3) is 0.417. The second-order valence-electron chi connectivity index (χ2n) is 3.47. The zero-order valence-electron chi connectivity index (χ0n) is 9.19. The van der Waals surface area contributed by atoms with Gasteiger partial charge in [-0.1, -0.05) is 0 Å². The molecule has 0 saturated heterocycles. The van der Waals surface area contributed by atoms with E-state index in [1.54, 1.807) is 24.3 Å². The van der Waals surface area contributed by atoms with Gasteiger partial charge in [0.2, 0.25) is 0 Å². The third kappa shape index (κ3) is 4.68. The third-order valence-electron chi connectivity index (χ3n) is 2.20. The Bertz CT molecular complexity index is 322. The largest absolute Gasteiger partial charge is 0.494 e. The van der Waals surface area contributed by atoms with Crippen molar-refractivity contribution in [1.29, 1.82) is 5.53 Å². The molecule has 0 spiro atoms. The van der Waals surface area contributed by atoms with Crippen molar-refractivity contribution in [3.05, 3.63) is 24.3 Å². The smallest absolute Gasteiger partial charge is 0.119 e. The molecule has 1 N–H and O–H groups in total. The molecular formula is C12H16N2O2. The van der Waals surface area contributed by atoms with Crippen LogP contribution in [0.2, 0.25) is 0 Å². The Hall–Kier alpha value is -1.71. The number of rotatable bonds is 8. The van der Waals surface area contributed by atoms with Gasteiger partial charge in [-0.15, -0.1) is 0 Å². The average molecular weight is 220 g/mol. The number of carbonyl (C=O) groups excluding carboxylic acids is 1. The molecular weight excluding hydrogens is 204 g/mol. The first-order valence-electron chi connectivity index (χ1n) is 5.41. The molecule has 1 aromatic carbocycles. The summed E-state index contributed by atoms with van der Waals surface area (Å²) in [5.41, 5.74) is 7.43. The summed E-state index contributed by atoms with van der Waals surface area (Å²) in [6, 6.07) is 7.10. The summed E-state index contributed by atoms with van der Waals surface area (Å²) in [5.74, 6) is 0.794. The topological polar surface area (TPSA) is 62.5 Å². The van der Waals surface area contributed by atoms with Crippen molar-refractivity contribution in [1.82, 2.24) is 0 Å². The van der Waals surface area contributed by atoms with Gasteiger partial charge in [-0.2, -0.15) is 5.11 Å². The molecule has 0 bridgehead atoms. The van der Waals surface area contributed by atoms with Crippen molar-refractivity contribution in [2.75, 3.05) is 6.61 Å². The van der Waals surface area contributed by atoms with Gasteiger partial charge < -0.3 is 9.53 Å². The van der Waals surface area contributed by atoms with Gasteiger partial charge in [0.05, 0.1) is 12.3 Å². The highest BCUT2D eigenvalue weighted by Gasteiger charge is 1.94. The van der Waals surface area contributed by atoms with E-state index in [2.05, 4.69) is 5.11 Å². The summed E-state index contributed by atoms with van der Waals surface area (Å²) >= 11 is 0. The third-order valence-corrected chi connectivity index (χ3v) is 2.20. The molecule has 86 valence electrons. The van der Waals surface area contributed by atoms with Crippen LogP contribution >= 0.6 is 0 Å². The average Bonchev–Trinajstić information content (AvgIpc) is 2.34. The van der Waals surface area contributed by atoms with Crippen molar-refractivity contribution in [3.8, 4) is 5.75 Å². The lowest BCUT2D eigenvalue weighted by Crippen LogP contribution is -1.96. The first-order chi connectivity index (χ1) is 7.86. The van der Waals surface area contributed by atoms with Crippen LogP contribution in [-0.2, 0) is 4.79 Å². The Kier molecular flexibility index (Phi) is 5.84. The number of aldehydes is 1. The number of hydrogen-bond acceptors (Lipinski definition) is 4. The maximum atomic E-state index is 10.1. The van der Waals surface area contributed by atoms with Crippen LogP contribution in [0.3, 0.4) is 0 Å². The molecule has 0 saturated carbocycles. The van der Waals surface area contributed by atoms with E-state index in [1.807, 2.05) is 0 Å². The van der Waals surface area contributed by atoms with Crippen LogP contribution in [0.4, 0.5) is 5.69 Å². The minimum atomic E-state index is 0.623. The molecule has 1 rings (SSSR count). The van der Waals surface area contributed by atoms with Crippen molar-refractivity contribution in [2.45, 2.75) is 25.7 Å². The Balaban J connectivity index is 2.16. The molecule has 0 aliphatic heterocycles. The predicted molar refractivity (Wildman–Crippen MR) is 61.3 cm³/mol. The number of hydrogen-bond donors (Lipinski definition) is 1. The molecule has 0 atom stereocenters. The zero-order valence-corrected chi connectivity index (χ0v) is 9.19. The standard InChI is InChI=1S/C12H16N2O2/c13-14-11-5-7-12(8-6-11)16-10-4-2-1-3-9-15/h5-9,13H,1-4,10H2. The summed E-state index contributed by atoms with van der Waals surface area (Å²) in [7, 11) is 0. The van der Waals surface area contributed by atoms with Gasteiger partial charge in [-0.3, -0.25) is 0 Å². The zero-order chi connectivity index (χ0) is 11.6. The lowest BCUT2D eigenvalue weighted by atomic mass is 10.2. The lowest BCUT2D eigenvalue weighted by Gasteiger charge is -2.05. The van der Waals surface area contributed by atoms with E-state index in [9.17, 15) is 4.79 Å². The van der Waals surface area contributed by atoms with Gasteiger partial charge in [-0.05, 0) is 43.5 Å². The number of nitrogens with zero attached hydrogens (tertiary/aromatic N) is 1. The van der Waals surface area contributed by atoms with Gasteiger partial charge in [0.25, 0.3) is 0 Å². The van der Waals surface area contributed by atoms with Crippen LogP contribution in [-0.4, -0.2) is 12.9 Å². The van der Waals surface area contributed by atoms with Gasteiger partial charge in [0.1, 0.15) is 12.0 Å². The highest BCUT2D eigenvalue weighted by atomic mass is 16.5. The highest BCUT2D eigenvalue weighted by molar-refractivity contribution is 5.48. The molecule has 0 aromatic heterocycles. The van der Waals surface area contributed by atoms with Crippen LogP contribution in [0.5, 0.6) is 5.75 Å². The number of benzene rings is 1. The highest BCUT2D eigenvalue weighted by Crippen LogP contribution is 2.17. The summed E-state index contributed by atoms with van der Waals surface area (Å²) in [6.45, 7) is 0.663. The van der Waals surface area contributed by atoms with E-state index < -0.39 is 0 Å². The van der Waals surface area contributed by atoms with Crippen LogP contribution in [0.15, 0.2) is 29.4 Å². The molecule has 1 aromatic rings. The fourth-order valence-electron chi connectivity index (χ4n) is 1.31. The van der Waals surface area contributed by atoms with E-state index in [0.29, 0.717) is 18.7 Å². The Morgan fingerprint density at radius 3 is 2.56 bits per heavy atom. The van der Waals surface area contributed by atoms with Gasteiger partial charge in [0.15, 0.2) is 0 Å². The summed E-state index contributed by atoms with van der Waals surface area (Å²) in [5, 5.41) is 3.30. The number of ether oxygens (including phenoxy) is 1. The maximum Gasteiger partial charge on any atom is 0.119 e. The van der Waals surface area contributed by atoms with E-state index >= 15 is 0 Å². The predicted octanol–water partition coefficient (Wildman–Crippen LogP) is 3.49. The number of nitrogens with one attached hydrogen (secondary N) is 1. The van der Waals surface area contributed by atoms with Crippen molar-refractivity contribution >= 4 is 12.0 Å². The molecule has 0 radical (unpaired) electrons. The van der Waals surface area contributed by atoms with Crippen molar-refractivity contribution in [2.24, 2.45) is 5.11 Å². The Morgan fingerprint density at radius 2 is 1.94 bits per heavy atom. The van der Waals surface area contributed by atoms with Crippen LogP contribution in [0.25, 0.3) is 0 Å². The molecule has 0 fully saturated rings. The fourth-order valence-corrected chi connectivity index (χ4v) is 1.31. The molecule has 0 aliphatic carbocycles. The summed E-state index contributed by atoms with van der Waals surface area (Å²) in [6.07, 6.45) is 4.49. The lowest BCUT2D eigenvalue weighted by molar-refractivity contribution is -0.107. The molecule has 0 aliphatic rings. The van der Waals surface area contributed by atoms with Crippen LogP contribution in [0, 0.1) is 5.53 Å². The van der Waals surface area contributed by atoms with Crippen LogP contribution < -0.4 is 4.74 Å². The quantitative estimate of drug-likeness (QED) is 0.414. The first-order valence-corrected chi connectivity index (χ1v) is 5.41. The molecule has 0 unspecified atom stereocenters. The summed E-state index contributed by atoms with van der Waals surface area (Å²) < 4.78 is 5.49. The minimum absolute atomic E-state index is 0.623. The molecule has 16 heavy (non-hydrogen) atoms. The van der Waals surface area contributed by atoms with Crippen LogP contribution in [0.1, 0.15) is 25.7 Å². The first kappa shape index (κ1) is 12.4. The maximum absolute atomic E-state index is 10.1. The van der Waals surface area contributed by atoms with Crippen molar-refractivity contribution in [3.63, 3.8) is 0 Å². The summed E-state index contributed by atoms with van der Waals surface area (Å²) in [4.78, 5) is 10.1.